The van der Waals surface area contributed by atoms with Crippen LogP contribution in [0.5, 0.6) is 0 Å². The summed E-state index contributed by atoms with van der Waals surface area (Å²) in [5, 5.41) is -0.147. The third-order valence-electron chi connectivity index (χ3n) is 3.09. The quantitative estimate of drug-likeness (QED) is 0.598. The highest BCUT2D eigenvalue weighted by molar-refractivity contribution is 7.54. The van der Waals surface area contributed by atoms with Gasteiger partial charge in [-0.2, -0.15) is 14.3 Å². The van der Waals surface area contributed by atoms with E-state index < -0.39 is 37.9 Å². The summed E-state index contributed by atoms with van der Waals surface area (Å²) in [5.41, 5.74) is -1.35. The van der Waals surface area contributed by atoms with Crippen molar-refractivity contribution in [3.8, 4) is 0 Å². The molecule has 0 amide bonds. The molecule has 3 N–H and O–H groups in total. The molecule has 0 spiro atoms. The molecule has 0 aromatic carbocycles. The molecule has 0 saturated carbocycles. The van der Waals surface area contributed by atoms with Crippen LogP contribution >= 0.6 is 19.8 Å². The molecule has 0 unspecified atom stereocenters. The highest BCUT2D eigenvalue weighted by Crippen LogP contribution is 2.58. The van der Waals surface area contributed by atoms with E-state index in [1.54, 1.807) is 0 Å². The molecule has 20 heavy (non-hydrogen) atoms. The first-order chi connectivity index (χ1) is 9.35. The molecule has 0 radical (unpaired) electrons. The maximum atomic E-state index is 11.7. The summed E-state index contributed by atoms with van der Waals surface area (Å²) in [5.74, 6) is 0. The number of hydrogen-bond donors (Lipinski definition) is 3. The van der Waals surface area contributed by atoms with Gasteiger partial charge in [0.25, 0.3) is 5.56 Å². The van der Waals surface area contributed by atoms with Crippen LogP contribution in [0, 0.1) is 0 Å². The lowest BCUT2D eigenvalue weighted by Crippen LogP contribution is -2.34. The Kier molecular flexibility index (Phi) is 3.46. The lowest BCUT2D eigenvalue weighted by molar-refractivity contribution is -0.0763. The number of halogens is 1. The van der Waals surface area contributed by atoms with Crippen LogP contribution < -0.4 is 11.2 Å². The summed E-state index contributed by atoms with van der Waals surface area (Å²) in [6.07, 6.45) is -0.473. The molecule has 110 valence electrons. The smallest absolute Gasteiger partial charge is 0.349 e. The minimum atomic E-state index is -3.81. The van der Waals surface area contributed by atoms with E-state index in [-0.39, 0.29) is 18.1 Å². The summed E-state index contributed by atoms with van der Waals surface area (Å²) in [6.45, 7) is -0.0478. The van der Waals surface area contributed by atoms with Crippen molar-refractivity contribution in [3.05, 3.63) is 32.1 Å². The van der Waals surface area contributed by atoms with Gasteiger partial charge in [-0.15, -0.1) is 4.52 Å². The minimum absolute atomic E-state index is 0.0478. The Bertz CT molecular complexity index is 644. The highest BCUT2D eigenvalue weighted by atomic mass is 35.5. The van der Waals surface area contributed by atoms with Crippen molar-refractivity contribution in [2.75, 3.05) is 6.61 Å². The van der Waals surface area contributed by atoms with Crippen LogP contribution in [0.15, 0.2) is 15.8 Å². The van der Waals surface area contributed by atoms with Gasteiger partial charge in [0, 0.05) is 12.6 Å². The molecule has 2 aliphatic heterocycles. The zero-order valence-corrected chi connectivity index (χ0v) is 11.6. The van der Waals surface area contributed by atoms with Gasteiger partial charge in [0.15, 0.2) is 0 Å². The number of nitrogens with zero attached hydrogens (tertiary/aromatic N) is 1. The lowest BCUT2D eigenvalue weighted by atomic mass is 10.2. The van der Waals surface area contributed by atoms with Crippen molar-refractivity contribution < 1.29 is 23.6 Å². The second-order valence-corrected chi connectivity index (χ2v) is 6.30. The number of fused-ring (bicyclic) bond motifs is 1. The van der Waals surface area contributed by atoms with Gasteiger partial charge in [0.05, 0.1) is 0 Å². The number of hydrogen-bond acceptors (Lipinski definition) is 7. The van der Waals surface area contributed by atoms with E-state index in [1.807, 2.05) is 0 Å². The van der Waals surface area contributed by atoms with Gasteiger partial charge < -0.3 is 4.74 Å². The van der Waals surface area contributed by atoms with E-state index in [4.69, 9.17) is 25.4 Å². The third-order valence-corrected chi connectivity index (χ3v) is 4.39. The molecule has 9 nitrogen and oxygen atoms in total. The predicted octanol–water partition coefficient (Wildman–Crippen LogP) is -0.445. The molecule has 2 saturated heterocycles. The Morgan fingerprint density at radius 3 is 2.90 bits per heavy atom. The summed E-state index contributed by atoms with van der Waals surface area (Å²) in [4.78, 5) is 43.7. The van der Waals surface area contributed by atoms with E-state index in [0.29, 0.717) is 0 Å². The topological polar surface area (TPSA) is 123 Å². The van der Waals surface area contributed by atoms with E-state index in [0.717, 1.165) is 4.57 Å². The molecule has 2 aliphatic rings. The van der Waals surface area contributed by atoms with Crippen LogP contribution in [0.2, 0.25) is 5.02 Å². The third kappa shape index (κ3) is 2.53. The van der Waals surface area contributed by atoms with E-state index in [1.165, 1.54) is 6.20 Å². The van der Waals surface area contributed by atoms with Crippen LogP contribution in [0.1, 0.15) is 12.6 Å². The van der Waals surface area contributed by atoms with Crippen molar-refractivity contribution in [3.63, 3.8) is 0 Å². The first-order valence-corrected chi connectivity index (χ1v) is 7.60. The number of rotatable bonds is 1. The molecule has 3 rings (SSSR count). The Morgan fingerprint density at radius 1 is 1.40 bits per heavy atom. The molecule has 11 heteroatoms. The molecule has 1 aromatic rings. The van der Waals surface area contributed by atoms with Crippen molar-refractivity contribution >= 4 is 19.8 Å². The van der Waals surface area contributed by atoms with Gasteiger partial charge in [-0.3, -0.25) is 14.3 Å². The van der Waals surface area contributed by atoms with Crippen molar-refractivity contribution in [2.24, 2.45) is 0 Å². The van der Waals surface area contributed by atoms with E-state index >= 15 is 0 Å². The number of aromatic amines is 1. The summed E-state index contributed by atoms with van der Waals surface area (Å²) >= 11 is 5.67. The summed E-state index contributed by atoms with van der Waals surface area (Å²) < 4.78 is 16.4. The van der Waals surface area contributed by atoms with Gasteiger partial charge in [0.1, 0.15) is 30.1 Å². The van der Waals surface area contributed by atoms with Crippen molar-refractivity contribution in [2.45, 2.75) is 24.9 Å². The fourth-order valence-electron chi connectivity index (χ4n) is 2.18. The second kappa shape index (κ2) is 4.88. The number of ether oxygens (including phenoxy) is 1. The molecule has 3 heterocycles. The molecular formula is C9H11ClN2O7P+. The van der Waals surface area contributed by atoms with Crippen LogP contribution in [0.25, 0.3) is 0 Å². The molecule has 0 bridgehead atoms. The highest BCUT2D eigenvalue weighted by Gasteiger charge is 2.55. The maximum Gasteiger partial charge on any atom is 0.570 e. The van der Waals surface area contributed by atoms with Crippen LogP contribution in [0.4, 0.5) is 0 Å². The van der Waals surface area contributed by atoms with Gasteiger partial charge in [-0.1, -0.05) is 11.6 Å². The molecule has 3 atom stereocenters. The Morgan fingerprint density at radius 2 is 2.15 bits per heavy atom. The fraction of sp³-hybridized carbons (Fsp3) is 0.556. The van der Waals surface area contributed by atoms with Gasteiger partial charge in [-0.25, -0.2) is 4.79 Å². The van der Waals surface area contributed by atoms with E-state index in [2.05, 4.69) is 4.98 Å². The zero-order valence-electron chi connectivity index (χ0n) is 9.93. The fourth-order valence-corrected chi connectivity index (χ4v) is 3.31. The van der Waals surface area contributed by atoms with E-state index in [9.17, 15) is 19.4 Å². The van der Waals surface area contributed by atoms with Crippen molar-refractivity contribution in [1.82, 2.24) is 9.55 Å². The summed E-state index contributed by atoms with van der Waals surface area (Å²) in [7, 11) is -3.81. The van der Waals surface area contributed by atoms with Crippen molar-refractivity contribution in [1.29, 1.82) is 0 Å². The zero-order chi connectivity index (χ0) is 14.5. The van der Waals surface area contributed by atoms with Crippen LogP contribution in [-0.2, 0) is 13.8 Å². The Labute approximate surface area is 117 Å². The number of H-pyrrole nitrogens is 1. The van der Waals surface area contributed by atoms with Crippen LogP contribution in [-0.4, -0.2) is 38.2 Å². The first-order valence-electron chi connectivity index (χ1n) is 5.69. The van der Waals surface area contributed by atoms with Crippen LogP contribution in [0.3, 0.4) is 0 Å². The van der Waals surface area contributed by atoms with Gasteiger partial charge >= 0.3 is 13.9 Å². The number of nitrogens with one attached hydrogen (secondary N) is 1. The monoisotopic (exact) mass is 325 g/mol. The minimum Gasteiger partial charge on any atom is -0.349 e. The lowest BCUT2D eigenvalue weighted by Gasteiger charge is -2.23. The van der Waals surface area contributed by atoms with Gasteiger partial charge in [0.2, 0.25) is 0 Å². The number of aromatic nitrogens is 2. The average Bonchev–Trinajstić information content (AvgIpc) is 2.74. The molecule has 2 fully saturated rings. The summed E-state index contributed by atoms with van der Waals surface area (Å²) in [6, 6.07) is 0. The largest absolute Gasteiger partial charge is 0.570 e. The Balaban J connectivity index is 1.86. The average molecular weight is 326 g/mol. The predicted molar refractivity (Wildman–Crippen MR) is 67.0 cm³/mol. The molecule has 1 aromatic heterocycles. The standard InChI is InChI=1S/C9H10ClN2O7P/c10-4-2-12(9(14)11-8(4)13)7-1-5-6(18-7)3-17-20(15,16)19-5/h2,5-7,15-16H,1,3H2/p+1/t5-,6+,7+/m0/s1. The van der Waals surface area contributed by atoms with Gasteiger partial charge in [-0.05, 0) is 0 Å². The molecule has 0 aliphatic carbocycles. The SMILES string of the molecule is O=c1[nH]c(=O)n([C@H]2C[C@@H]3O[P+](O)(O)OC[C@H]3O2)cc1Cl. The first kappa shape index (κ1) is 14.2. The Hall–Kier alpha value is -0.800. The maximum absolute atomic E-state index is 11.7. The normalized spacial score (nSPS) is 32.0. The second-order valence-electron chi connectivity index (χ2n) is 4.44. The molecular weight excluding hydrogens is 315 g/mol.